The van der Waals surface area contributed by atoms with Gasteiger partial charge in [-0.2, -0.15) is 0 Å². The van der Waals surface area contributed by atoms with E-state index in [0.717, 1.165) is 34.8 Å². The molecule has 0 bridgehead atoms. The molecule has 2 aromatic carbocycles. The lowest BCUT2D eigenvalue weighted by molar-refractivity contribution is 0.0614. The zero-order valence-electron chi connectivity index (χ0n) is 13.9. The minimum absolute atomic E-state index is 0.0738. The van der Waals surface area contributed by atoms with Gasteiger partial charge in [-0.1, -0.05) is 17.3 Å². The van der Waals surface area contributed by atoms with Gasteiger partial charge in [0, 0.05) is 5.56 Å². The predicted molar refractivity (Wildman–Crippen MR) is 90.1 cm³/mol. The summed E-state index contributed by atoms with van der Waals surface area (Å²) in [6, 6.07) is 12.0. The molecule has 0 N–H and O–H groups in total. The van der Waals surface area contributed by atoms with E-state index in [4.69, 9.17) is 19.0 Å². The maximum absolute atomic E-state index is 5.74. The third-order valence-corrected chi connectivity index (χ3v) is 4.75. The maximum atomic E-state index is 5.74. The van der Waals surface area contributed by atoms with Crippen LogP contribution in [-0.2, 0) is 11.3 Å². The van der Waals surface area contributed by atoms with Crippen LogP contribution in [-0.4, -0.2) is 27.0 Å². The first-order valence-corrected chi connectivity index (χ1v) is 7.88. The van der Waals surface area contributed by atoms with Gasteiger partial charge < -0.3 is 19.0 Å². The molecule has 5 heteroatoms. The van der Waals surface area contributed by atoms with Crippen molar-refractivity contribution in [2.75, 3.05) is 21.3 Å². The topological polar surface area (TPSA) is 49.3 Å². The van der Waals surface area contributed by atoms with Crippen molar-refractivity contribution in [3.63, 3.8) is 0 Å². The molecule has 2 aliphatic rings. The Morgan fingerprint density at radius 1 is 0.958 bits per heavy atom. The number of hydrogen-bond donors (Lipinski definition) is 0. The molecule has 1 heterocycles. The molecule has 0 saturated carbocycles. The molecule has 2 aromatic rings. The van der Waals surface area contributed by atoms with Crippen LogP contribution in [0.25, 0.3) is 0 Å². The molecule has 2 atom stereocenters. The highest BCUT2D eigenvalue weighted by Gasteiger charge is 2.42. The van der Waals surface area contributed by atoms with Gasteiger partial charge in [-0.25, -0.2) is 0 Å². The molecule has 4 rings (SSSR count). The Labute approximate surface area is 140 Å². The van der Waals surface area contributed by atoms with Gasteiger partial charge in [0.15, 0.2) is 17.6 Å². The van der Waals surface area contributed by atoms with Crippen LogP contribution < -0.4 is 14.2 Å². The Bertz CT molecular complexity index is 798. The molecule has 0 aromatic heterocycles. The molecular weight excluding hydrogens is 306 g/mol. The van der Waals surface area contributed by atoms with E-state index in [1.54, 1.807) is 21.3 Å². The van der Waals surface area contributed by atoms with Gasteiger partial charge in [0.1, 0.15) is 5.75 Å². The summed E-state index contributed by atoms with van der Waals surface area (Å²) < 4.78 is 16.0. The van der Waals surface area contributed by atoms with E-state index in [9.17, 15) is 0 Å². The van der Waals surface area contributed by atoms with E-state index in [1.807, 2.05) is 36.4 Å². The molecule has 0 fully saturated rings. The molecule has 1 aliphatic carbocycles. The minimum Gasteiger partial charge on any atom is -0.497 e. The van der Waals surface area contributed by atoms with Gasteiger partial charge >= 0.3 is 0 Å². The highest BCUT2D eigenvalue weighted by molar-refractivity contribution is 6.07. The molecule has 0 radical (unpaired) electrons. The van der Waals surface area contributed by atoms with Crippen LogP contribution in [0.15, 0.2) is 41.6 Å². The van der Waals surface area contributed by atoms with Crippen LogP contribution in [0.1, 0.15) is 22.8 Å². The number of fused-ring (bicyclic) bond motifs is 3. The maximum Gasteiger partial charge on any atom is 0.161 e. The fourth-order valence-corrected chi connectivity index (χ4v) is 3.50. The number of oxime groups is 1. The number of methoxy groups -OCH3 is 3. The van der Waals surface area contributed by atoms with Gasteiger partial charge in [-0.05, 0) is 41.8 Å². The van der Waals surface area contributed by atoms with Crippen molar-refractivity contribution in [1.82, 2.24) is 0 Å². The Balaban J connectivity index is 1.66. The molecule has 124 valence electrons. The van der Waals surface area contributed by atoms with Crippen molar-refractivity contribution < 1.29 is 19.0 Å². The van der Waals surface area contributed by atoms with E-state index in [2.05, 4.69) is 5.16 Å². The van der Waals surface area contributed by atoms with E-state index >= 15 is 0 Å². The summed E-state index contributed by atoms with van der Waals surface area (Å²) in [5.74, 6) is 2.51. The van der Waals surface area contributed by atoms with Crippen LogP contribution in [0.2, 0.25) is 0 Å². The lowest BCUT2D eigenvalue weighted by Crippen LogP contribution is -2.14. The van der Waals surface area contributed by atoms with Crippen molar-refractivity contribution in [3.05, 3.63) is 53.1 Å². The largest absolute Gasteiger partial charge is 0.497 e. The second-order valence-corrected chi connectivity index (χ2v) is 5.95. The summed E-state index contributed by atoms with van der Waals surface area (Å²) >= 11 is 0. The first-order valence-electron chi connectivity index (χ1n) is 7.88. The van der Waals surface area contributed by atoms with Crippen LogP contribution in [0, 0.1) is 5.92 Å². The van der Waals surface area contributed by atoms with Crippen LogP contribution >= 0.6 is 0 Å². The summed E-state index contributed by atoms with van der Waals surface area (Å²) in [5.41, 5.74) is 4.41. The molecule has 2 unspecified atom stereocenters. The average Bonchev–Trinajstić information content (AvgIpc) is 3.19. The molecule has 0 spiro atoms. The van der Waals surface area contributed by atoms with Crippen LogP contribution in [0.3, 0.4) is 0 Å². The standard InChI is InChI=1S/C19H19NO4/c1-21-13-6-4-11(5-7-13)19-15-8-12-9-16(22-2)17(23-3)10-14(12)18(15)20-24-19/h4-7,9-10,15,19H,8H2,1-3H3. The fraction of sp³-hybridized carbons (Fsp3) is 0.316. The number of nitrogens with zero attached hydrogens (tertiary/aromatic N) is 1. The Morgan fingerprint density at radius 3 is 2.33 bits per heavy atom. The molecular formula is C19H19NO4. The molecule has 0 amide bonds. The third kappa shape index (κ3) is 2.19. The van der Waals surface area contributed by atoms with E-state index in [-0.39, 0.29) is 12.0 Å². The van der Waals surface area contributed by atoms with Gasteiger partial charge in [-0.15, -0.1) is 0 Å². The smallest absolute Gasteiger partial charge is 0.161 e. The summed E-state index contributed by atoms with van der Waals surface area (Å²) in [6.45, 7) is 0. The fourth-order valence-electron chi connectivity index (χ4n) is 3.50. The zero-order chi connectivity index (χ0) is 16.7. The van der Waals surface area contributed by atoms with Gasteiger partial charge in [0.2, 0.25) is 0 Å². The SMILES string of the molecule is COc1ccc(C2ON=C3c4cc(OC)c(OC)cc4CC32)cc1. The van der Waals surface area contributed by atoms with Crippen molar-refractivity contribution in [3.8, 4) is 17.2 Å². The molecule has 0 saturated heterocycles. The first-order chi connectivity index (χ1) is 11.7. The van der Waals surface area contributed by atoms with Crippen molar-refractivity contribution >= 4 is 5.71 Å². The lowest BCUT2D eigenvalue weighted by atomic mass is 9.92. The molecule has 24 heavy (non-hydrogen) atoms. The van der Waals surface area contributed by atoms with Crippen molar-refractivity contribution in [2.45, 2.75) is 12.5 Å². The molecule has 1 aliphatic heterocycles. The second-order valence-electron chi connectivity index (χ2n) is 5.95. The summed E-state index contributed by atoms with van der Waals surface area (Å²) in [4.78, 5) is 5.74. The van der Waals surface area contributed by atoms with E-state index in [1.165, 1.54) is 5.56 Å². The van der Waals surface area contributed by atoms with Gasteiger partial charge in [0.05, 0.1) is 33.0 Å². The van der Waals surface area contributed by atoms with E-state index in [0.29, 0.717) is 5.75 Å². The Hall–Kier alpha value is -2.69. The van der Waals surface area contributed by atoms with Gasteiger partial charge in [-0.3, -0.25) is 0 Å². The van der Waals surface area contributed by atoms with E-state index < -0.39 is 0 Å². The van der Waals surface area contributed by atoms with Crippen LogP contribution in [0.4, 0.5) is 0 Å². The quantitative estimate of drug-likeness (QED) is 0.865. The second kappa shape index (κ2) is 5.74. The minimum atomic E-state index is -0.0738. The molecule has 5 nitrogen and oxygen atoms in total. The number of rotatable bonds is 4. The average molecular weight is 325 g/mol. The lowest BCUT2D eigenvalue weighted by Gasteiger charge is -2.15. The third-order valence-electron chi connectivity index (χ3n) is 4.75. The zero-order valence-corrected chi connectivity index (χ0v) is 13.9. The van der Waals surface area contributed by atoms with Crippen molar-refractivity contribution in [2.24, 2.45) is 11.1 Å². The summed E-state index contributed by atoms with van der Waals surface area (Å²) in [5, 5.41) is 4.36. The Kier molecular flexibility index (Phi) is 3.56. The van der Waals surface area contributed by atoms with Gasteiger partial charge in [0.25, 0.3) is 0 Å². The summed E-state index contributed by atoms with van der Waals surface area (Å²) in [7, 11) is 4.96. The first kappa shape index (κ1) is 14.9. The number of ether oxygens (including phenoxy) is 3. The summed E-state index contributed by atoms with van der Waals surface area (Å²) in [6.07, 6.45) is 0.806. The number of hydrogen-bond acceptors (Lipinski definition) is 5. The highest BCUT2D eigenvalue weighted by atomic mass is 16.6. The predicted octanol–water partition coefficient (Wildman–Crippen LogP) is 3.36. The van der Waals surface area contributed by atoms with Crippen molar-refractivity contribution in [1.29, 1.82) is 0 Å². The Morgan fingerprint density at radius 2 is 1.67 bits per heavy atom. The number of benzene rings is 2. The monoisotopic (exact) mass is 325 g/mol. The normalized spacial score (nSPS) is 20.7. The highest BCUT2D eigenvalue weighted by Crippen LogP contribution is 2.45. The van der Waals surface area contributed by atoms with Crippen LogP contribution in [0.5, 0.6) is 17.2 Å².